The second kappa shape index (κ2) is 6.13. The smallest absolute Gasteiger partial charge is 0.257 e. The number of ether oxygens (including phenoxy) is 1. The predicted molar refractivity (Wildman–Crippen MR) is 80.0 cm³/mol. The third kappa shape index (κ3) is 3.04. The monoisotopic (exact) mass is 277 g/mol. The zero-order valence-corrected chi connectivity index (χ0v) is 12.4. The van der Waals surface area contributed by atoms with Gasteiger partial charge in [-0.25, -0.2) is 0 Å². The Morgan fingerprint density at radius 1 is 1.40 bits per heavy atom. The van der Waals surface area contributed by atoms with Gasteiger partial charge in [-0.3, -0.25) is 4.79 Å². The van der Waals surface area contributed by atoms with Crippen LogP contribution in [0.25, 0.3) is 0 Å². The zero-order chi connectivity index (χ0) is 14.7. The highest BCUT2D eigenvalue weighted by Crippen LogP contribution is 2.24. The lowest BCUT2D eigenvalue weighted by Crippen LogP contribution is -2.42. The molecule has 110 valence electrons. The van der Waals surface area contributed by atoms with Gasteiger partial charge in [0, 0.05) is 30.9 Å². The van der Waals surface area contributed by atoms with Crippen LogP contribution in [0.1, 0.15) is 23.7 Å². The summed E-state index contributed by atoms with van der Waals surface area (Å²) in [4.78, 5) is 16.9. The molecule has 1 aromatic rings. The van der Waals surface area contributed by atoms with Crippen LogP contribution in [0, 0.1) is 0 Å². The van der Waals surface area contributed by atoms with Crippen molar-refractivity contribution in [2.24, 2.45) is 0 Å². The Labute approximate surface area is 120 Å². The number of nitrogens with zero attached hydrogens (tertiary/aromatic N) is 2. The maximum atomic E-state index is 12.7. The van der Waals surface area contributed by atoms with E-state index in [0.29, 0.717) is 17.0 Å². The van der Waals surface area contributed by atoms with E-state index < -0.39 is 0 Å². The molecule has 0 spiro atoms. The van der Waals surface area contributed by atoms with Crippen LogP contribution < -0.4 is 10.5 Å². The van der Waals surface area contributed by atoms with E-state index in [1.165, 1.54) is 0 Å². The van der Waals surface area contributed by atoms with E-state index in [4.69, 9.17) is 10.5 Å². The van der Waals surface area contributed by atoms with Gasteiger partial charge in [-0.15, -0.1) is 0 Å². The number of rotatable bonds is 2. The summed E-state index contributed by atoms with van der Waals surface area (Å²) in [6.07, 6.45) is 0.990. The van der Waals surface area contributed by atoms with Gasteiger partial charge in [0.05, 0.1) is 12.7 Å². The Morgan fingerprint density at radius 2 is 2.15 bits per heavy atom. The fourth-order valence-electron chi connectivity index (χ4n) is 2.71. The Kier molecular flexibility index (Phi) is 4.49. The Balaban J connectivity index is 2.26. The van der Waals surface area contributed by atoms with Crippen molar-refractivity contribution in [1.29, 1.82) is 0 Å². The van der Waals surface area contributed by atoms with E-state index >= 15 is 0 Å². The van der Waals surface area contributed by atoms with Crippen molar-refractivity contribution in [3.63, 3.8) is 0 Å². The molecule has 1 fully saturated rings. The minimum Gasteiger partial charge on any atom is -0.496 e. The average Bonchev–Trinajstić information content (AvgIpc) is 2.58. The van der Waals surface area contributed by atoms with Crippen molar-refractivity contribution in [3.05, 3.63) is 23.8 Å². The van der Waals surface area contributed by atoms with Crippen molar-refractivity contribution in [3.8, 4) is 5.75 Å². The van der Waals surface area contributed by atoms with Gasteiger partial charge in [0.15, 0.2) is 0 Å². The lowest BCUT2D eigenvalue weighted by molar-refractivity contribution is 0.0693. The quantitative estimate of drug-likeness (QED) is 0.831. The molecule has 0 radical (unpaired) electrons. The van der Waals surface area contributed by atoms with Gasteiger partial charge in [0.2, 0.25) is 0 Å². The number of carbonyl (C=O) groups excluding carboxylic acids is 1. The van der Waals surface area contributed by atoms with Crippen LogP contribution in [0.4, 0.5) is 5.69 Å². The molecular weight excluding hydrogens is 254 g/mol. The molecule has 0 saturated carbocycles. The van der Waals surface area contributed by atoms with Crippen LogP contribution in [0.15, 0.2) is 18.2 Å². The van der Waals surface area contributed by atoms with Gasteiger partial charge in [0.1, 0.15) is 5.75 Å². The molecule has 0 aliphatic carbocycles. The standard InChI is InChI=1S/C15H23N3O2/c1-11-10-17(2)7-4-8-18(11)15(19)13-6-5-12(16)9-14(13)20-3/h5-6,9,11H,4,7-8,10,16H2,1-3H3. The van der Waals surface area contributed by atoms with Gasteiger partial charge >= 0.3 is 0 Å². The molecule has 5 heteroatoms. The number of nitrogens with two attached hydrogens (primary N) is 1. The molecule has 1 aromatic carbocycles. The van der Waals surface area contributed by atoms with Crippen LogP contribution in [-0.4, -0.2) is 55.5 Å². The molecule has 1 saturated heterocycles. The average molecular weight is 277 g/mol. The minimum atomic E-state index is 0.0182. The fourth-order valence-corrected chi connectivity index (χ4v) is 2.71. The Morgan fingerprint density at radius 3 is 2.85 bits per heavy atom. The predicted octanol–water partition coefficient (Wildman–Crippen LogP) is 1.44. The second-order valence-corrected chi connectivity index (χ2v) is 5.42. The van der Waals surface area contributed by atoms with Crippen LogP contribution in [-0.2, 0) is 0 Å². The number of likely N-dealkylation sites (N-methyl/N-ethyl adjacent to an activating group) is 1. The van der Waals surface area contributed by atoms with E-state index in [1.807, 2.05) is 4.90 Å². The summed E-state index contributed by atoms with van der Waals surface area (Å²) in [6.45, 7) is 4.78. The molecule has 1 aliphatic rings. The molecule has 0 aromatic heterocycles. The van der Waals surface area contributed by atoms with Crippen molar-refractivity contribution in [2.75, 3.05) is 39.5 Å². The van der Waals surface area contributed by atoms with Crippen LogP contribution in [0.5, 0.6) is 5.75 Å². The molecule has 2 N–H and O–H groups in total. The highest BCUT2D eigenvalue weighted by molar-refractivity contribution is 5.97. The van der Waals surface area contributed by atoms with Crippen molar-refractivity contribution < 1.29 is 9.53 Å². The molecular formula is C15H23N3O2. The number of nitrogen functional groups attached to an aromatic ring is 1. The summed E-state index contributed by atoms with van der Waals surface area (Å²) < 4.78 is 5.29. The summed E-state index contributed by atoms with van der Waals surface area (Å²) in [6, 6.07) is 5.38. The highest BCUT2D eigenvalue weighted by atomic mass is 16.5. The molecule has 1 heterocycles. The van der Waals surface area contributed by atoms with Gasteiger partial charge in [-0.2, -0.15) is 0 Å². The van der Waals surface area contributed by atoms with Crippen LogP contribution in [0.3, 0.4) is 0 Å². The van der Waals surface area contributed by atoms with Gasteiger partial charge in [-0.1, -0.05) is 0 Å². The lowest BCUT2D eigenvalue weighted by Gasteiger charge is -2.28. The third-order valence-corrected chi connectivity index (χ3v) is 3.76. The molecule has 1 unspecified atom stereocenters. The normalized spacial score (nSPS) is 20.6. The van der Waals surface area contributed by atoms with Crippen LogP contribution >= 0.6 is 0 Å². The topological polar surface area (TPSA) is 58.8 Å². The number of benzene rings is 1. The van der Waals surface area contributed by atoms with E-state index in [-0.39, 0.29) is 11.9 Å². The van der Waals surface area contributed by atoms with Gasteiger partial charge < -0.3 is 20.3 Å². The maximum absolute atomic E-state index is 12.7. The number of carbonyl (C=O) groups is 1. The first-order valence-electron chi connectivity index (χ1n) is 6.96. The first-order chi connectivity index (χ1) is 9.52. The Hall–Kier alpha value is -1.75. The fraction of sp³-hybridized carbons (Fsp3) is 0.533. The number of anilines is 1. The Bertz CT molecular complexity index is 490. The van der Waals surface area contributed by atoms with E-state index in [1.54, 1.807) is 25.3 Å². The largest absolute Gasteiger partial charge is 0.496 e. The molecule has 1 aliphatic heterocycles. The number of hydrogen-bond donors (Lipinski definition) is 1. The first-order valence-corrected chi connectivity index (χ1v) is 6.96. The molecule has 2 rings (SSSR count). The summed E-state index contributed by atoms with van der Waals surface area (Å²) >= 11 is 0. The molecule has 5 nitrogen and oxygen atoms in total. The van der Waals surface area contributed by atoms with Gasteiger partial charge in [0.25, 0.3) is 5.91 Å². The molecule has 1 amide bonds. The first kappa shape index (κ1) is 14.7. The van der Waals surface area contributed by atoms with E-state index in [0.717, 1.165) is 26.1 Å². The van der Waals surface area contributed by atoms with Crippen molar-refractivity contribution in [2.45, 2.75) is 19.4 Å². The van der Waals surface area contributed by atoms with E-state index in [9.17, 15) is 4.79 Å². The number of methoxy groups -OCH3 is 1. The summed E-state index contributed by atoms with van der Waals surface area (Å²) in [7, 11) is 3.65. The highest BCUT2D eigenvalue weighted by Gasteiger charge is 2.26. The van der Waals surface area contributed by atoms with Crippen molar-refractivity contribution >= 4 is 11.6 Å². The van der Waals surface area contributed by atoms with Crippen LogP contribution in [0.2, 0.25) is 0 Å². The summed E-state index contributed by atoms with van der Waals surface area (Å²) in [5.74, 6) is 0.560. The van der Waals surface area contributed by atoms with E-state index in [2.05, 4.69) is 18.9 Å². The summed E-state index contributed by atoms with van der Waals surface area (Å²) in [5.41, 5.74) is 6.92. The molecule has 20 heavy (non-hydrogen) atoms. The SMILES string of the molecule is COc1cc(N)ccc1C(=O)N1CCCN(C)CC1C. The lowest BCUT2D eigenvalue weighted by atomic mass is 10.1. The number of hydrogen-bond acceptors (Lipinski definition) is 4. The third-order valence-electron chi connectivity index (χ3n) is 3.76. The minimum absolute atomic E-state index is 0.0182. The molecule has 0 bridgehead atoms. The second-order valence-electron chi connectivity index (χ2n) is 5.42. The maximum Gasteiger partial charge on any atom is 0.257 e. The zero-order valence-electron chi connectivity index (χ0n) is 12.4. The van der Waals surface area contributed by atoms with Gasteiger partial charge in [-0.05, 0) is 39.1 Å². The molecule has 1 atom stereocenters. The van der Waals surface area contributed by atoms with Crippen molar-refractivity contribution in [1.82, 2.24) is 9.80 Å². The number of amides is 1. The summed E-state index contributed by atoms with van der Waals surface area (Å²) in [5, 5.41) is 0.